The number of amides is 3. The van der Waals surface area contributed by atoms with Crippen molar-refractivity contribution in [1.82, 2.24) is 10.2 Å². The Balaban J connectivity index is 1.33. The zero-order chi connectivity index (χ0) is 28.2. The maximum absolute atomic E-state index is 13.1. The largest absolute Gasteiger partial charge is 0.444 e. The molecule has 3 amide bonds. The fourth-order valence-electron chi connectivity index (χ4n) is 4.31. The van der Waals surface area contributed by atoms with Gasteiger partial charge in [0.2, 0.25) is 5.91 Å². The van der Waals surface area contributed by atoms with Gasteiger partial charge in [0.25, 0.3) is 5.91 Å². The SMILES string of the molecule is CC(C)(C)OC(=O)N1C(C(=O)Nc2ccc(C(=O)NCc3ccc(-c4ccccc4)cc3)cc2)COC1(C)C. The van der Waals surface area contributed by atoms with Crippen LogP contribution in [0.4, 0.5) is 10.5 Å². The quantitative estimate of drug-likeness (QED) is 0.434. The van der Waals surface area contributed by atoms with E-state index in [9.17, 15) is 14.4 Å². The van der Waals surface area contributed by atoms with E-state index < -0.39 is 29.4 Å². The van der Waals surface area contributed by atoms with E-state index in [0.29, 0.717) is 17.8 Å². The predicted molar refractivity (Wildman–Crippen MR) is 150 cm³/mol. The highest BCUT2D eigenvalue weighted by Crippen LogP contribution is 2.30. The first kappa shape index (κ1) is 27.9. The molecule has 39 heavy (non-hydrogen) atoms. The zero-order valence-corrected chi connectivity index (χ0v) is 23.0. The molecule has 0 spiro atoms. The Morgan fingerprint density at radius 1 is 0.923 bits per heavy atom. The first-order valence-corrected chi connectivity index (χ1v) is 12.9. The minimum Gasteiger partial charge on any atom is -0.444 e. The second kappa shape index (κ2) is 11.3. The lowest BCUT2D eigenvalue weighted by atomic mass is 10.0. The summed E-state index contributed by atoms with van der Waals surface area (Å²) in [4.78, 5) is 39.9. The summed E-state index contributed by atoms with van der Waals surface area (Å²) in [6.07, 6.45) is -0.619. The summed E-state index contributed by atoms with van der Waals surface area (Å²) in [5.41, 5.74) is 2.51. The smallest absolute Gasteiger partial charge is 0.413 e. The lowest BCUT2D eigenvalue weighted by Crippen LogP contribution is -2.53. The summed E-state index contributed by atoms with van der Waals surface area (Å²) in [5.74, 6) is -0.621. The number of anilines is 1. The highest BCUT2D eigenvalue weighted by molar-refractivity contribution is 5.98. The molecule has 1 atom stereocenters. The monoisotopic (exact) mass is 529 g/mol. The van der Waals surface area contributed by atoms with E-state index in [1.54, 1.807) is 58.9 Å². The van der Waals surface area contributed by atoms with Crippen LogP contribution in [0.25, 0.3) is 11.1 Å². The molecule has 2 N–H and O–H groups in total. The number of nitrogens with zero attached hydrogens (tertiary/aromatic N) is 1. The van der Waals surface area contributed by atoms with Gasteiger partial charge in [0.05, 0.1) is 6.61 Å². The molecule has 0 bridgehead atoms. The number of carbonyl (C=O) groups excluding carboxylic acids is 3. The van der Waals surface area contributed by atoms with E-state index in [0.717, 1.165) is 16.7 Å². The van der Waals surface area contributed by atoms with Crippen LogP contribution in [0.1, 0.15) is 50.5 Å². The van der Waals surface area contributed by atoms with Gasteiger partial charge in [-0.25, -0.2) is 4.79 Å². The van der Waals surface area contributed by atoms with Crippen molar-refractivity contribution >= 4 is 23.6 Å². The molecule has 3 aromatic rings. The van der Waals surface area contributed by atoms with Crippen molar-refractivity contribution in [3.05, 3.63) is 90.0 Å². The van der Waals surface area contributed by atoms with E-state index in [1.807, 2.05) is 42.5 Å². The first-order chi connectivity index (χ1) is 18.4. The summed E-state index contributed by atoms with van der Waals surface area (Å²) in [5, 5.41) is 5.74. The van der Waals surface area contributed by atoms with Gasteiger partial charge in [0.1, 0.15) is 17.4 Å². The Morgan fingerprint density at radius 2 is 1.54 bits per heavy atom. The number of hydrogen-bond donors (Lipinski definition) is 2. The number of carbonyl (C=O) groups is 3. The van der Waals surface area contributed by atoms with E-state index in [-0.39, 0.29) is 12.5 Å². The fraction of sp³-hybridized carbons (Fsp3) is 0.323. The molecule has 204 valence electrons. The third-order valence-corrected chi connectivity index (χ3v) is 6.31. The van der Waals surface area contributed by atoms with E-state index >= 15 is 0 Å². The molecule has 1 saturated heterocycles. The van der Waals surface area contributed by atoms with Gasteiger partial charge >= 0.3 is 6.09 Å². The maximum Gasteiger partial charge on any atom is 0.413 e. The molecule has 3 aromatic carbocycles. The third kappa shape index (κ3) is 7.03. The van der Waals surface area contributed by atoms with Gasteiger partial charge in [-0.05, 0) is 75.6 Å². The Hall–Kier alpha value is -4.17. The van der Waals surface area contributed by atoms with E-state index in [1.165, 1.54) is 4.90 Å². The molecular weight excluding hydrogens is 494 g/mol. The summed E-state index contributed by atoms with van der Waals surface area (Å²) >= 11 is 0. The van der Waals surface area contributed by atoms with Crippen molar-refractivity contribution < 1.29 is 23.9 Å². The molecule has 8 nitrogen and oxygen atoms in total. The van der Waals surface area contributed by atoms with Crippen molar-refractivity contribution in [2.45, 2.75) is 58.5 Å². The lowest BCUT2D eigenvalue weighted by Gasteiger charge is -2.34. The normalized spacial score (nSPS) is 16.4. The minimum atomic E-state index is -0.992. The number of hydrogen-bond acceptors (Lipinski definition) is 5. The Morgan fingerprint density at radius 3 is 2.15 bits per heavy atom. The Kier molecular flexibility index (Phi) is 8.06. The van der Waals surface area contributed by atoms with Crippen molar-refractivity contribution in [1.29, 1.82) is 0 Å². The molecule has 0 aromatic heterocycles. The fourth-order valence-corrected chi connectivity index (χ4v) is 4.31. The molecule has 1 aliphatic rings. The molecule has 0 aliphatic carbocycles. The van der Waals surface area contributed by atoms with Gasteiger partial charge in [0, 0.05) is 17.8 Å². The second-order valence-corrected chi connectivity index (χ2v) is 10.9. The molecule has 4 rings (SSSR count). The topological polar surface area (TPSA) is 97.0 Å². The summed E-state index contributed by atoms with van der Waals surface area (Å²) in [6.45, 7) is 9.18. The van der Waals surface area contributed by atoms with Crippen LogP contribution in [0.15, 0.2) is 78.9 Å². The average Bonchev–Trinajstić information content (AvgIpc) is 3.22. The minimum absolute atomic E-state index is 0.0465. The number of nitrogens with one attached hydrogen (secondary N) is 2. The Bertz CT molecular complexity index is 1310. The summed E-state index contributed by atoms with van der Waals surface area (Å²) in [6, 6.07) is 23.9. The van der Waals surface area contributed by atoms with Crippen LogP contribution in [-0.2, 0) is 20.8 Å². The second-order valence-electron chi connectivity index (χ2n) is 10.9. The third-order valence-electron chi connectivity index (χ3n) is 6.31. The van der Waals surface area contributed by atoms with Gasteiger partial charge in [-0.3, -0.25) is 14.5 Å². The van der Waals surface area contributed by atoms with Crippen LogP contribution >= 0.6 is 0 Å². The molecule has 1 heterocycles. The number of benzene rings is 3. The van der Waals surface area contributed by atoms with Gasteiger partial charge in [0.15, 0.2) is 0 Å². The van der Waals surface area contributed by atoms with E-state index in [2.05, 4.69) is 22.8 Å². The number of ether oxygens (including phenoxy) is 2. The number of rotatable bonds is 6. The van der Waals surface area contributed by atoms with Gasteiger partial charge in [-0.15, -0.1) is 0 Å². The van der Waals surface area contributed by atoms with Crippen LogP contribution in [0.5, 0.6) is 0 Å². The van der Waals surface area contributed by atoms with Gasteiger partial charge in [-0.2, -0.15) is 0 Å². The highest BCUT2D eigenvalue weighted by Gasteiger charge is 2.48. The van der Waals surface area contributed by atoms with Crippen LogP contribution < -0.4 is 10.6 Å². The van der Waals surface area contributed by atoms with Crippen molar-refractivity contribution in [2.75, 3.05) is 11.9 Å². The average molecular weight is 530 g/mol. The van der Waals surface area contributed by atoms with Gasteiger partial charge in [-0.1, -0.05) is 54.6 Å². The van der Waals surface area contributed by atoms with Crippen LogP contribution in [0.3, 0.4) is 0 Å². The van der Waals surface area contributed by atoms with Crippen molar-refractivity contribution in [2.24, 2.45) is 0 Å². The highest BCUT2D eigenvalue weighted by atomic mass is 16.6. The molecule has 8 heteroatoms. The van der Waals surface area contributed by atoms with Crippen molar-refractivity contribution in [3.63, 3.8) is 0 Å². The standard InChI is InChI=1S/C31H35N3O5/c1-30(2,3)39-29(37)34-26(20-38-31(34,4)5)28(36)33-25-17-15-24(16-18-25)27(35)32-19-21-11-13-23(14-12-21)22-9-7-6-8-10-22/h6-18,26H,19-20H2,1-5H3,(H,32,35)(H,33,36). The molecule has 1 fully saturated rings. The maximum atomic E-state index is 13.1. The molecule has 0 radical (unpaired) electrons. The Labute approximate surface area is 229 Å². The van der Waals surface area contributed by atoms with E-state index in [4.69, 9.17) is 9.47 Å². The summed E-state index contributed by atoms with van der Waals surface area (Å²) in [7, 11) is 0. The van der Waals surface area contributed by atoms with Crippen LogP contribution in [-0.4, -0.2) is 46.8 Å². The molecule has 0 saturated carbocycles. The predicted octanol–water partition coefficient (Wildman–Crippen LogP) is 5.59. The summed E-state index contributed by atoms with van der Waals surface area (Å²) < 4.78 is 11.2. The molecule has 1 unspecified atom stereocenters. The van der Waals surface area contributed by atoms with Crippen molar-refractivity contribution in [3.8, 4) is 11.1 Å². The molecular formula is C31H35N3O5. The zero-order valence-electron chi connectivity index (χ0n) is 23.0. The lowest BCUT2D eigenvalue weighted by molar-refractivity contribution is -0.121. The van der Waals surface area contributed by atoms with Crippen LogP contribution in [0, 0.1) is 0 Å². The first-order valence-electron chi connectivity index (χ1n) is 12.9. The van der Waals surface area contributed by atoms with Gasteiger partial charge < -0.3 is 20.1 Å². The van der Waals surface area contributed by atoms with Crippen LogP contribution in [0.2, 0.25) is 0 Å². The molecule has 1 aliphatic heterocycles.